The Morgan fingerprint density at radius 2 is 1.87 bits per heavy atom. The molecule has 0 aliphatic carbocycles. The lowest BCUT2D eigenvalue weighted by atomic mass is 9.83. The number of likely N-dealkylation sites (tertiary alicyclic amines) is 1. The van der Waals surface area contributed by atoms with Gasteiger partial charge in [0.15, 0.2) is 0 Å². The summed E-state index contributed by atoms with van der Waals surface area (Å²) in [6.45, 7) is 14.0. The van der Waals surface area contributed by atoms with Crippen molar-refractivity contribution in [2.45, 2.75) is 58.9 Å². The molecule has 1 aliphatic heterocycles. The molecule has 1 aromatic carbocycles. The maximum Gasteiger partial charge on any atom is 0.123 e. The summed E-state index contributed by atoms with van der Waals surface area (Å²) >= 11 is 0. The summed E-state index contributed by atoms with van der Waals surface area (Å²) in [6, 6.07) is 6.90. The van der Waals surface area contributed by atoms with E-state index in [2.05, 4.69) is 50.8 Å². The van der Waals surface area contributed by atoms with Gasteiger partial charge in [-0.3, -0.25) is 4.90 Å². The standard InChI is InChI=1S/C20H33NO2/c1-6-23-18-10-9-16(13-17(18)20(3,4)5)19(15(2)14-22)21-11-7-8-12-21/h9-10,13,15,19,22H,6-8,11-12,14H2,1-5H3. The van der Waals surface area contributed by atoms with Crippen LogP contribution in [0.1, 0.15) is 64.6 Å². The molecule has 0 amide bonds. The molecule has 3 nitrogen and oxygen atoms in total. The number of hydrogen-bond acceptors (Lipinski definition) is 3. The van der Waals surface area contributed by atoms with Crippen molar-refractivity contribution in [3.63, 3.8) is 0 Å². The third-order valence-electron chi connectivity index (χ3n) is 4.81. The molecule has 23 heavy (non-hydrogen) atoms. The van der Waals surface area contributed by atoms with Crippen LogP contribution in [0.4, 0.5) is 0 Å². The fraction of sp³-hybridized carbons (Fsp3) is 0.700. The first-order chi connectivity index (χ1) is 10.9. The molecule has 0 bridgehead atoms. The number of aliphatic hydroxyl groups is 1. The van der Waals surface area contributed by atoms with Gasteiger partial charge in [0.25, 0.3) is 0 Å². The Bertz CT molecular complexity index is 501. The molecule has 1 saturated heterocycles. The molecule has 1 fully saturated rings. The van der Waals surface area contributed by atoms with E-state index in [4.69, 9.17) is 4.74 Å². The van der Waals surface area contributed by atoms with Crippen molar-refractivity contribution in [1.82, 2.24) is 4.90 Å². The first kappa shape index (κ1) is 18.3. The predicted octanol–water partition coefficient (Wildman–Crippen LogP) is 4.15. The number of benzene rings is 1. The van der Waals surface area contributed by atoms with Crippen LogP contribution in [0.2, 0.25) is 0 Å². The Balaban J connectivity index is 2.42. The first-order valence-corrected chi connectivity index (χ1v) is 9.00. The summed E-state index contributed by atoms with van der Waals surface area (Å²) in [5, 5.41) is 9.74. The zero-order chi connectivity index (χ0) is 17.0. The van der Waals surface area contributed by atoms with Crippen LogP contribution in [0.3, 0.4) is 0 Å². The molecule has 1 aromatic rings. The average Bonchev–Trinajstić information content (AvgIpc) is 3.01. The minimum Gasteiger partial charge on any atom is -0.494 e. The van der Waals surface area contributed by atoms with E-state index in [9.17, 15) is 5.11 Å². The summed E-state index contributed by atoms with van der Waals surface area (Å²) < 4.78 is 5.85. The van der Waals surface area contributed by atoms with E-state index >= 15 is 0 Å². The molecule has 2 rings (SSSR count). The number of aliphatic hydroxyl groups excluding tert-OH is 1. The van der Waals surface area contributed by atoms with Gasteiger partial charge in [-0.05, 0) is 67.4 Å². The molecule has 1 aliphatic rings. The monoisotopic (exact) mass is 319 g/mol. The number of nitrogens with zero attached hydrogens (tertiary/aromatic N) is 1. The molecule has 0 radical (unpaired) electrons. The van der Waals surface area contributed by atoms with Crippen LogP contribution >= 0.6 is 0 Å². The molecular formula is C20H33NO2. The fourth-order valence-corrected chi connectivity index (χ4v) is 3.62. The maximum atomic E-state index is 9.74. The minimum atomic E-state index is 0.0402. The molecule has 130 valence electrons. The number of ether oxygens (including phenoxy) is 1. The largest absolute Gasteiger partial charge is 0.494 e. The third-order valence-corrected chi connectivity index (χ3v) is 4.81. The topological polar surface area (TPSA) is 32.7 Å². The highest BCUT2D eigenvalue weighted by molar-refractivity contribution is 5.42. The van der Waals surface area contributed by atoms with E-state index in [1.807, 2.05) is 6.92 Å². The second-order valence-electron chi connectivity index (χ2n) is 7.79. The van der Waals surface area contributed by atoms with E-state index in [0.717, 1.165) is 18.8 Å². The maximum absolute atomic E-state index is 9.74. The highest BCUT2D eigenvalue weighted by Crippen LogP contribution is 2.38. The molecular weight excluding hydrogens is 286 g/mol. The summed E-state index contributed by atoms with van der Waals surface area (Å²) in [4.78, 5) is 2.53. The Kier molecular flexibility index (Phi) is 6.10. The van der Waals surface area contributed by atoms with Gasteiger partial charge in [-0.25, -0.2) is 0 Å². The van der Waals surface area contributed by atoms with Crippen LogP contribution in [0.15, 0.2) is 18.2 Å². The SMILES string of the molecule is CCOc1ccc(C(C(C)CO)N2CCCC2)cc1C(C)(C)C. The second-order valence-corrected chi connectivity index (χ2v) is 7.79. The molecule has 1 heterocycles. The predicted molar refractivity (Wildman–Crippen MR) is 96.1 cm³/mol. The van der Waals surface area contributed by atoms with Crippen molar-refractivity contribution in [3.05, 3.63) is 29.3 Å². The van der Waals surface area contributed by atoms with Crippen LogP contribution in [0.25, 0.3) is 0 Å². The van der Waals surface area contributed by atoms with E-state index in [-0.39, 0.29) is 17.9 Å². The van der Waals surface area contributed by atoms with Crippen molar-refractivity contribution >= 4 is 0 Å². The smallest absolute Gasteiger partial charge is 0.123 e. The second kappa shape index (κ2) is 7.67. The number of hydrogen-bond donors (Lipinski definition) is 1. The zero-order valence-electron chi connectivity index (χ0n) is 15.4. The van der Waals surface area contributed by atoms with Crippen molar-refractivity contribution < 1.29 is 9.84 Å². The lowest BCUT2D eigenvalue weighted by Gasteiger charge is -2.33. The van der Waals surface area contributed by atoms with Crippen molar-refractivity contribution in [3.8, 4) is 5.75 Å². The lowest BCUT2D eigenvalue weighted by Crippen LogP contribution is -2.32. The summed E-state index contributed by atoms with van der Waals surface area (Å²) in [5.41, 5.74) is 2.60. The molecule has 3 heteroatoms. The fourth-order valence-electron chi connectivity index (χ4n) is 3.62. The van der Waals surface area contributed by atoms with Crippen LogP contribution in [-0.2, 0) is 5.41 Å². The molecule has 0 aromatic heterocycles. The number of rotatable bonds is 6. The summed E-state index contributed by atoms with van der Waals surface area (Å²) in [7, 11) is 0. The zero-order valence-corrected chi connectivity index (χ0v) is 15.4. The van der Waals surface area contributed by atoms with Crippen LogP contribution in [0.5, 0.6) is 5.75 Å². The van der Waals surface area contributed by atoms with Crippen molar-refractivity contribution in [2.75, 3.05) is 26.3 Å². The molecule has 0 saturated carbocycles. The highest BCUT2D eigenvalue weighted by atomic mass is 16.5. The molecule has 2 atom stereocenters. The van der Waals surface area contributed by atoms with Gasteiger partial charge in [-0.2, -0.15) is 0 Å². The Labute approximate surface area is 141 Å². The molecule has 2 unspecified atom stereocenters. The van der Waals surface area contributed by atoms with Gasteiger partial charge in [0.2, 0.25) is 0 Å². The normalized spacial score (nSPS) is 18.9. The summed E-state index contributed by atoms with van der Waals surface area (Å²) in [6.07, 6.45) is 2.52. The first-order valence-electron chi connectivity index (χ1n) is 9.00. The van der Waals surface area contributed by atoms with Gasteiger partial charge < -0.3 is 9.84 Å². The van der Waals surface area contributed by atoms with Crippen LogP contribution in [-0.4, -0.2) is 36.3 Å². The molecule has 1 N–H and O–H groups in total. The lowest BCUT2D eigenvalue weighted by molar-refractivity contribution is 0.126. The Morgan fingerprint density at radius 3 is 2.39 bits per heavy atom. The van der Waals surface area contributed by atoms with Gasteiger partial charge in [0, 0.05) is 12.6 Å². The van der Waals surface area contributed by atoms with Gasteiger partial charge in [-0.1, -0.05) is 33.8 Å². The van der Waals surface area contributed by atoms with Crippen molar-refractivity contribution in [1.29, 1.82) is 0 Å². The highest BCUT2D eigenvalue weighted by Gasteiger charge is 2.29. The van der Waals surface area contributed by atoms with Gasteiger partial charge in [0.1, 0.15) is 5.75 Å². The Morgan fingerprint density at radius 1 is 1.22 bits per heavy atom. The molecule has 0 spiro atoms. The van der Waals surface area contributed by atoms with E-state index in [1.165, 1.54) is 24.0 Å². The quantitative estimate of drug-likeness (QED) is 0.855. The van der Waals surface area contributed by atoms with Gasteiger partial charge in [0.05, 0.1) is 6.61 Å². The Hall–Kier alpha value is -1.06. The van der Waals surface area contributed by atoms with Gasteiger partial charge >= 0.3 is 0 Å². The third kappa shape index (κ3) is 4.27. The van der Waals surface area contributed by atoms with E-state index in [0.29, 0.717) is 12.6 Å². The van der Waals surface area contributed by atoms with Crippen LogP contribution in [0, 0.1) is 5.92 Å². The minimum absolute atomic E-state index is 0.0402. The van der Waals surface area contributed by atoms with Crippen LogP contribution < -0.4 is 4.74 Å². The van der Waals surface area contributed by atoms with E-state index < -0.39 is 0 Å². The average molecular weight is 319 g/mol. The van der Waals surface area contributed by atoms with Crippen molar-refractivity contribution in [2.24, 2.45) is 5.92 Å². The van der Waals surface area contributed by atoms with Gasteiger partial charge in [-0.15, -0.1) is 0 Å². The van der Waals surface area contributed by atoms with E-state index in [1.54, 1.807) is 0 Å². The summed E-state index contributed by atoms with van der Waals surface area (Å²) in [5.74, 6) is 1.22.